The Labute approximate surface area is 125 Å². The van der Waals surface area contributed by atoms with Crippen molar-refractivity contribution < 1.29 is 4.79 Å². The number of carbonyl (C=O) groups excluding carboxylic acids is 1. The summed E-state index contributed by atoms with van der Waals surface area (Å²) in [5.74, 6) is 1.09. The molecule has 0 bridgehead atoms. The van der Waals surface area contributed by atoms with Gasteiger partial charge in [-0.3, -0.25) is 4.79 Å². The Morgan fingerprint density at radius 2 is 1.95 bits per heavy atom. The SMILES string of the molecule is CCN1CCN(C(=O)c2ccc3c(c2)nc(C)n3C)CC1. The number of aromatic nitrogens is 2. The molecule has 1 aliphatic heterocycles. The second kappa shape index (κ2) is 5.48. The topological polar surface area (TPSA) is 41.4 Å². The summed E-state index contributed by atoms with van der Waals surface area (Å²) in [6.07, 6.45) is 0. The van der Waals surface area contributed by atoms with Crippen molar-refractivity contribution in [1.82, 2.24) is 19.4 Å². The van der Waals surface area contributed by atoms with E-state index in [1.807, 2.05) is 41.6 Å². The fourth-order valence-corrected chi connectivity index (χ4v) is 2.90. The molecule has 21 heavy (non-hydrogen) atoms. The van der Waals surface area contributed by atoms with Gasteiger partial charge in [0.1, 0.15) is 5.82 Å². The van der Waals surface area contributed by atoms with Crippen molar-refractivity contribution in [2.24, 2.45) is 7.05 Å². The quantitative estimate of drug-likeness (QED) is 0.843. The molecule has 0 spiro atoms. The molecule has 0 saturated carbocycles. The molecule has 0 unspecified atom stereocenters. The molecule has 0 atom stereocenters. The minimum atomic E-state index is 0.121. The van der Waals surface area contributed by atoms with E-state index >= 15 is 0 Å². The molecular weight excluding hydrogens is 264 g/mol. The van der Waals surface area contributed by atoms with Crippen LogP contribution in [0.1, 0.15) is 23.1 Å². The Morgan fingerprint density at radius 3 is 2.62 bits per heavy atom. The van der Waals surface area contributed by atoms with Crippen molar-refractivity contribution in [1.29, 1.82) is 0 Å². The van der Waals surface area contributed by atoms with E-state index in [1.165, 1.54) is 0 Å². The number of rotatable bonds is 2. The van der Waals surface area contributed by atoms with Crippen LogP contribution in [0.25, 0.3) is 11.0 Å². The third-order valence-corrected chi connectivity index (χ3v) is 4.46. The van der Waals surface area contributed by atoms with E-state index in [4.69, 9.17) is 0 Å². The number of benzene rings is 1. The molecule has 2 aromatic rings. The van der Waals surface area contributed by atoms with Gasteiger partial charge in [0.2, 0.25) is 0 Å². The molecular formula is C16H22N4O. The molecule has 1 aromatic heterocycles. The number of hydrogen-bond donors (Lipinski definition) is 0. The molecule has 1 aliphatic rings. The maximum Gasteiger partial charge on any atom is 0.254 e. The number of aryl methyl sites for hydroxylation is 2. The highest BCUT2D eigenvalue weighted by atomic mass is 16.2. The van der Waals surface area contributed by atoms with Crippen LogP contribution in [-0.2, 0) is 7.05 Å². The first kappa shape index (κ1) is 14.1. The molecule has 112 valence electrons. The van der Waals surface area contributed by atoms with E-state index in [9.17, 15) is 4.79 Å². The van der Waals surface area contributed by atoms with Crippen molar-refractivity contribution >= 4 is 16.9 Å². The molecule has 1 saturated heterocycles. The van der Waals surface area contributed by atoms with Gasteiger partial charge in [0.15, 0.2) is 0 Å². The Balaban J connectivity index is 1.82. The van der Waals surface area contributed by atoms with Crippen LogP contribution in [0.3, 0.4) is 0 Å². The van der Waals surface area contributed by atoms with Crippen LogP contribution in [0.2, 0.25) is 0 Å². The molecule has 0 radical (unpaired) electrons. The minimum absolute atomic E-state index is 0.121. The molecule has 1 amide bonds. The molecule has 1 aromatic carbocycles. The maximum atomic E-state index is 12.6. The van der Waals surface area contributed by atoms with E-state index in [0.29, 0.717) is 0 Å². The van der Waals surface area contributed by atoms with E-state index in [-0.39, 0.29) is 5.91 Å². The van der Waals surface area contributed by atoms with Gasteiger partial charge in [0.25, 0.3) is 5.91 Å². The summed E-state index contributed by atoms with van der Waals surface area (Å²) in [6.45, 7) is 8.75. The zero-order chi connectivity index (χ0) is 15.0. The average molecular weight is 286 g/mol. The highest BCUT2D eigenvalue weighted by Crippen LogP contribution is 2.18. The van der Waals surface area contributed by atoms with E-state index in [0.717, 1.165) is 55.1 Å². The third-order valence-electron chi connectivity index (χ3n) is 4.46. The Bertz CT molecular complexity index is 668. The second-order valence-electron chi connectivity index (χ2n) is 5.65. The van der Waals surface area contributed by atoms with Crippen molar-refractivity contribution in [3.05, 3.63) is 29.6 Å². The summed E-state index contributed by atoms with van der Waals surface area (Å²) in [5.41, 5.74) is 2.71. The van der Waals surface area contributed by atoms with Crippen molar-refractivity contribution in [2.75, 3.05) is 32.7 Å². The van der Waals surface area contributed by atoms with Crippen LogP contribution < -0.4 is 0 Å². The molecule has 2 heterocycles. The Morgan fingerprint density at radius 1 is 1.24 bits per heavy atom. The Kier molecular flexibility index (Phi) is 3.68. The number of imidazole rings is 1. The summed E-state index contributed by atoms with van der Waals surface area (Å²) in [5, 5.41) is 0. The van der Waals surface area contributed by atoms with Gasteiger partial charge in [-0.15, -0.1) is 0 Å². The number of amides is 1. The monoisotopic (exact) mass is 286 g/mol. The summed E-state index contributed by atoms with van der Waals surface area (Å²) >= 11 is 0. The van der Waals surface area contributed by atoms with Gasteiger partial charge in [0.05, 0.1) is 11.0 Å². The largest absolute Gasteiger partial charge is 0.336 e. The van der Waals surface area contributed by atoms with Crippen LogP contribution in [0.5, 0.6) is 0 Å². The lowest BCUT2D eigenvalue weighted by molar-refractivity contribution is 0.0643. The average Bonchev–Trinajstić information content (AvgIpc) is 2.81. The zero-order valence-electron chi connectivity index (χ0n) is 13.0. The summed E-state index contributed by atoms with van der Waals surface area (Å²) < 4.78 is 2.05. The standard InChI is InChI=1S/C16H22N4O/c1-4-19-7-9-20(10-8-19)16(21)13-5-6-15-14(11-13)17-12(2)18(15)3/h5-6,11H,4,7-10H2,1-3H3. The van der Waals surface area contributed by atoms with Gasteiger partial charge in [-0.25, -0.2) is 4.98 Å². The predicted octanol–water partition coefficient (Wildman–Crippen LogP) is 1.66. The van der Waals surface area contributed by atoms with Gasteiger partial charge >= 0.3 is 0 Å². The number of nitrogens with zero attached hydrogens (tertiary/aromatic N) is 4. The van der Waals surface area contributed by atoms with E-state index in [1.54, 1.807) is 0 Å². The fraction of sp³-hybridized carbons (Fsp3) is 0.500. The third kappa shape index (κ3) is 2.53. The maximum absolute atomic E-state index is 12.6. The van der Waals surface area contributed by atoms with Crippen molar-refractivity contribution in [2.45, 2.75) is 13.8 Å². The lowest BCUT2D eigenvalue weighted by Crippen LogP contribution is -2.48. The summed E-state index contributed by atoms with van der Waals surface area (Å²) in [4.78, 5) is 21.4. The van der Waals surface area contributed by atoms with E-state index < -0.39 is 0 Å². The number of hydrogen-bond acceptors (Lipinski definition) is 3. The van der Waals surface area contributed by atoms with Gasteiger partial charge < -0.3 is 14.4 Å². The molecule has 5 nitrogen and oxygen atoms in total. The molecule has 5 heteroatoms. The number of likely N-dealkylation sites (N-methyl/N-ethyl adjacent to an activating group) is 1. The van der Waals surface area contributed by atoms with Crippen LogP contribution in [-0.4, -0.2) is 58.0 Å². The Hall–Kier alpha value is -1.88. The van der Waals surface area contributed by atoms with Crippen LogP contribution in [0.4, 0.5) is 0 Å². The lowest BCUT2D eigenvalue weighted by atomic mass is 10.1. The first-order valence-electron chi connectivity index (χ1n) is 7.55. The number of carbonyl (C=O) groups is 1. The first-order chi connectivity index (χ1) is 10.1. The second-order valence-corrected chi connectivity index (χ2v) is 5.65. The summed E-state index contributed by atoms with van der Waals surface area (Å²) in [7, 11) is 2.00. The smallest absolute Gasteiger partial charge is 0.254 e. The lowest BCUT2D eigenvalue weighted by Gasteiger charge is -2.34. The number of piperazine rings is 1. The highest BCUT2D eigenvalue weighted by Gasteiger charge is 2.21. The van der Waals surface area contributed by atoms with Crippen molar-refractivity contribution in [3.8, 4) is 0 Å². The van der Waals surface area contributed by atoms with Gasteiger partial charge in [-0.1, -0.05) is 6.92 Å². The fourth-order valence-electron chi connectivity index (χ4n) is 2.90. The molecule has 0 aliphatic carbocycles. The predicted molar refractivity (Wildman–Crippen MR) is 83.5 cm³/mol. The zero-order valence-corrected chi connectivity index (χ0v) is 13.0. The van der Waals surface area contributed by atoms with Gasteiger partial charge in [-0.05, 0) is 31.7 Å². The van der Waals surface area contributed by atoms with Crippen LogP contribution in [0, 0.1) is 6.92 Å². The van der Waals surface area contributed by atoms with E-state index in [2.05, 4.69) is 16.8 Å². The molecule has 1 fully saturated rings. The van der Waals surface area contributed by atoms with Crippen LogP contribution >= 0.6 is 0 Å². The minimum Gasteiger partial charge on any atom is -0.336 e. The van der Waals surface area contributed by atoms with Crippen molar-refractivity contribution in [3.63, 3.8) is 0 Å². The van der Waals surface area contributed by atoms with Gasteiger partial charge in [0, 0.05) is 38.8 Å². The number of fused-ring (bicyclic) bond motifs is 1. The summed E-state index contributed by atoms with van der Waals surface area (Å²) in [6, 6.07) is 5.82. The molecule has 3 rings (SSSR count). The van der Waals surface area contributed by atoms with Crippen LogP contribution in [0.15, 0.2) is 18.2 Å². The highest BCUT2D eigenvalue weighted by molar-refractivity contribution is 5.97. The normalized spacial score (nSPS) is 16.6. The van der Waals surface area contributed by atoms with Gasteiger partial charge in [-0.2, -0.15) is 0 Å². The first-order valence-corrected chi connectivity index (χ1v) is 7.55. The molecule has 0 N–H and O–H groups in total.